The van der Waals surface area contributed by atoms with E-state index >= 15 is 0 Å². The van der Waals surface area contributed by atoms with Crippen LogP contribution in [0.4, 0.5) is 0 Å². The van der Waals surface area contributed by atoms with Gasteiger partial charge >= 0.3 is 0 Å². The standard InChI is InChI=1S/C17H25N5O2/c1-5-12(2)19-17(24)15-20-14(13-8-6-7-10-22(13)15)16(23)18-9-11-21(3)4/h6-8,10,12H,5,9,11H2,1-4H3,(H,18,23)(H,19,24). The van der Waals surface area contributed by atoms with Crippen molar-refractivity contribution in [2.75, 3.05) is 27.2 Å². The maximum absolute atomic E-state index is 12.4. The van der Waals surface area contributed by atoms with Gasteiger partial charge in [0.05, 0.1) is 5.52 Å². The Morgan fingerprint density at radius 2 is 2.04 bits per heavy atom. The molecule has 0 aliphatic heterocycles. The first-order valence-electron chi connectivity index (χ1n) is 8.15. The predicted molar refractivity (Wildman–Crippen MR) is 93.3 cm³/mol. The fourth-order valence-corrected chi connectivity index (χ4v) is 2.23. The van der Waals surface area contributed by atoms with Crippen molar-refractivity contribution < 1.29 is 9.59 Å². The number of nitrogens with zero attached hydrogens (tertiary/aromatic N) is 3. The molecule has 2 rings (SSSR count). The first-order chi connectivity index (χ1) is 11.4. The van der Waals surface area contributed by atoms with Crippen LogP contribution in [0.2, 0.25) is 0 Å². The van der Waals surface area contributed by atoms with Crippen molar-refractivity contribution in [3.05, 3.63) is 35.9 Å². The van der Waals surface area contributed by atoms with Crippen molar-refractivity contribution in [3.8, 4) is 0 Å². The lowest BCUT2D eigenvalue weighted by Gasteiger charge is -2.10. The number of hydrogen-bond acceptors (Lipinski definition) is 4. The minimum absolute atomic E-state index is 0.0472. The van der Waals surface area contributed by atoms with Gasteiger partial charge in [-0.15, -0.1) is 0 Å². The Hall–Kier alpha value is -2.41. The highest BCUT2D eigenvalue weighted by Gasteiger charge is 2.21. The van der Waals surface area contributed by atoms with Gasteiger partial charge in [0.2, 0.25) is 5.82 Å². The molecule has 0 aliphatic carbocycles. The first-order valence-corrected chi connectivity index (χ1v) is 8.15. The highest BCUT2D eigenvalue weighted by Crippen LogP contribution is 2.13. The summed E-state index contributed by atoms with van der Waals surface area (Å²) in [6.07, 6.45) is 2.57. The molecule has 0 bridgehead atoms. The summed E-state index contributed by atoms with van der Waals surface area (Å²) in [5, 5.41) is 5.73. The lowest BCUT2D eigenvalue weighted by atomic mass is 10.2. The third-order valence-electron chi connectivity index (χ3n) is 3.80. The second-order valence-electron chi connectivity index (χ2n) is 6.08. The van der Waals surface area contributed by atoms with Gasteiger partial charge in [0.1, 0.15) is 0 Å². The van der Waals surface area contributed by atoms with Crippen LogP contribution in [0.1, 0.15) is 41.4 Å². The van der Waals surface area contributed by atoms with Gasteiger partial charge in [0.25, 0.3) is 11.8 Å². The monoisotopic (exact) mass is 331 g/mol. The molecule has 0 saturated carbocycles. The van der Waals surface area contributed by atoms with E-state index in [-0.39, 0.29) is 29.4 Å². The van der Waals surface area contributed by atoms with Gasteiger partial charge in [-0.05, 0) is 39.6 Å². The molecule has 2 aromatic heterocycles. The summed E-state index contributed by atoms with van der Waals surface area (Å²) in [5.74, 6) is -0.329. The van der Waals surface area contributed by atoms with E-state index in [1.54, 1.807) is 16.7 Å². The summed E-state index contributed by atoms with van der Waals surface area (Å²) >= 11 is 0. The molecule has 2 heterocycles. The maximum Gasteiger partial charge on any atom is 0.287 e. The van der Waals surface area contributed by atoms with Crippen LogP contribution in [0.3, 0.4) is 0 Å². The highest BCUT2D eigenvalue weighted by molar-refractivity contribution is 6.02. The van der Waals surface area contributed by atoms with Gasteiger partial charge < -0.3 is 15.5 Å². The van der Waals surface area contributed by atoms with Crippen LogP contribution in [0.5, 0.6) is 0 Å². The number of aromatic nitrogens is 2. The lowest BCUT2D eigenvalue weighted by molar-refractivity contribution is 0.0928. The molecule has 24 heavy (non-hydrogen) atoms. The molecule has 130 valence electrons. The number of likely N-dealkylation sites (N-methyl/N-ethyl adjacent to an activating group) is 1. The van der Waals surface area contributed by atoms with Gasteiger partial charge in [0.15, 0.2) is 5.69 Å². The van der Waals surface area contributed by atoms with Gasteiger partial charge in [-0.25, -0.2) is 4.98 Å². The number of rotatable bonds is 7. The van der Waals surface area contributed by atoms with Crippen molar-refractivity contribution >= 4 is 17.3 Å². The molecular weight excluding hydrogens is 306 g/mol. The molecule has 0 aliphatic rings. The van der Waals surface area contributed by atoms with E-state index in [0.717, 1.165) is 13.0 Å². The van der Waals surface area contributed by atoms with Gasteiger partial charge in [0, 0.05) is 25.3 Å². The normalized spacial score (nSPS) is 12.4. The minimum atomic E-state index is -0.280. The number of imidazole rings is 1. The van der Waals surface area contributed by atoms with Crippen LogP contribution in [-0.4, -0.2) is 59.3 Å². The van der Waals surface area contributed by atoms with E-state index in [1.165, 1.54) is 0 Å². The van der Waals surface area contributed by atoms with Crippen molar-refractivity contribution in [2.24, 2.45) is 0 Å². The number of amides is 2. The van der Waals surface area contributed by atoms with E-state index in [9.17, 15) is 9.59 Å². The van der Waals surface area contributed by atoms with Crippen molar-refractivity contribution in [3.63, 3.8) is 0 Å². The fraction of sp³-hybridized carbons (Fsp3) is 0.471. The Labute approximate surface area is 142 Å². The SMILES string of the molecule is CCC(C)NC(=O)c1nc(C(=O)NCCN(C)C)c2ccccn12. The number of pyridine rings is 1. The summed E-state index contributed by atoms with van der Waals surface area (Å²) in [6, 6.07) is 5.46. The Bertz CT molecular complexity index is 723. The van der Waals surface area contributed by atoms with E-state index < -0.39 is 0 Å². The molecule has 1 unspecified atom stereocenters. The quantitative estimate of drug-likeness (QED) is 0.798. The van der Waals surface area contributed by atoms with E-state index in [4.69, 9.17) is 0 Å². The third kappa shape index (κ3) is 4.11. The number of fused-ring (bicyclic) bond motifs is 1. The summed E-state index contributed by atoms with van der Waals surface area (Å²) < 4.78 is 1.65. The van der Waals surface area contributed by atoms with E-state index in [1.807, 2.05) is 45.0 Å². The summed E-state index contributed by atoms with van der Waals surface area (Å²) in [7, 11) is 3.88. The molecule has 0 spiro atoms. The predicted octanol–water partition coefficient (Wildman–Crippen LogP) is 1.15. The number of carbonyl (C=O) groups excluding carboxylic acids is 2. The van der Waals surface area contributed by atoms with Gasteiger partial charge in [-0.3, -0.25) is 14.0 Å². The molecule has 0 aromatic carbocycles. The largest absolute Gasteiger partial charge is 0.349 e. The summed E-state index contributed by atoms with van der Waals surface area (Å²) in [6.45, 7) is 5.19. The molecule has 2 amide bonds. The average Bonchev–Trinajstić information content (AvgIpc) is 2.94. The molecule has 0 fully saturated rings. The van der Waals surface area contributed by atoms with Gasteiger partial charge in [-0.1, -0.05) is 13.0 Å². The number of nitrogens with one attached hydrogen (secondary N) is 2. The highest BCUT2D eigenvalue weighted by atomic mass is 16.2. The number of carbonyl (C=O) groups is 2. The second-order valence-corrected chi connectivity index (χ2v) is 6.08. The van der Waals surface area contributed by atoms with E-state index in [2.05, 4.69) is 15.6 Å². The molecule has 7 heteroatoms. The molecular formula is C17H25N5O2. The number of hydrogen-bond donors (Lipinski definition) is 2. The van der Waals surface area contributed by atoms with Crippen LogP contribution in [0, 0.1) is 0 Å². The summed E-state index contributed by atoms with van der Waals surface area (Å²) in [4.78, 5) is 31.1. The topological polar surface area (TPSA) is 78.7 Å². The third-order valence-corrected chi connectivity index (χ3v) is 3.80. The zero-order chi connectivity index (χ0) is 17.7. The average molecular weight is 331 g/mol. The minimum Gasteiger partial charge on any atom is -0.349 e. The molecule has 7 nitrogen and oxygen atoms in total. The molecule has 2 aromatic rings. The second kappa shape index (κ2) is 7.92. The van der Waals surface area contributed by atoms with Gasteiger partial charge in [-0.2, -0.15) is 0 Å². The lowest BCUT2D eigenvalue weighted by Crippen LogP contribution is -2.33. The maximum atomic E-state index is 12.4. The van der Waals surface area contributed by atoms with Crippen LogP contribution >= 0.6 is 0 Å². The van der Waals surface area contributed by atoms with Crippen molar-refractivity contribution in [2.45, 2.75) is 26.3 Å². The molecule has 0 saturated heterocycles. The van der Waals surface area contributed by atoms with Crippen LogP contribution in [-0.2, 0) is 0 Å². The molecule has 1 atom stereocenters. The molecule has 2 N–H and O–H groups in total. The Morgan fingerprint density at radius 3 is 2.71 bits per heavy atom. The van der Waals surface area contributed by atoms with Crippen molar-refractivity contribution in [1.29, 1.82) is 0 Å². The Balaban J connectivity index is 2.28. The van der Waals surface area contributed by atoms with E-state index in [0.29, 0.717) is 12.1 Å². The van der Waals surface area contributed by atoms with Crippen molar-refractivity contribution in [1.82, 2.24) is 24.9 Å². The molecule has 0 radical (unpaired) electrons. The van der Waals surface area contributed by atoms with Crippen LogP contribution in [0.25, 0.3) is 5.52 Å². The Kier molecular flexibility index (Phi) is 5.92. The summed E-state index contributed by atoms with van der Waals surface area (Å²) in [5.41, 5.74) is 0.887. The zero-order valence-electron chi connectivity index (χ0n) is 14.7. The zero-order valence-corrected chi connectivity index (χ0v) is 14.7. The smallest absolute Gasteiger partial charge is 0.287 e. The fourth-order valence-electron chi connectivity index (χ4n) is 2.23. The first kappa shape index (κ1) is 17.9. The van der Waals surface area contributed by atoms with Crippen LogP contribution in [0.15, 0.2) is 24.4 Å². The Morgan fingerprint density at radius 1 is 1.29 bits per heavy atom. The van der Waals surface area contributed by atoms with Crippen LogP contribution < -0.4 is 10.6 Å².